The Morgan fingerprint density at radius 1 is 1.39 bits per heavy atom. The molecule has 0 aromatic carbocycles. The first-order chi connectivity index (χ1) is 8.63. The molecule has 0 saturated carbocycles. The zero-order valence-electron chi connectivity index (χ0n) is 9.99. The number of amides is 2. The summed E-state index contributed by atoms with van der Waals surface area (Å²) in [5.41, 5.74) is 0.643. The van der Waals surface area contributed by atoms with Crippen LogP contribution in [-0.2, 0) is 9.53 Å². The molecule has 0 unspecified atom stereocenters. The van der Waals surface area contributed by atoms with Crippen LogP contribution in [0.2, 0.25) is 0 Å². The molecule has 0 bridgehead atoms. The Bertz CT molecular complexity index is 409. The van der Waals surface area contributed by atoms with Gasteiger partial charge >= 0.3 is 0 Å². The van der Waals surface area contributed by atoms with Gasteiger partial charge in [0.25, 0.3) is 5.91 Å². The first-order valence-corrected chi connectivity index (χ1v) is 7.37. The highest BCUT2D eigenvalue weighted by Gasteiger charge is 2.08. The van der Waals surface area contributed by atoms with E-state index in [9.17, 15) is 9.59 Å². The van der Waals surface area contributed by atoms with Crippen molar-refractivity contribution in [3.63, 3.8) is 0 Å². The minimum absolute atomic E-state index is 0.0905. The lowest BCUT2D eigenvalue weighted by atomic mass is 10.3. The molecule has 18 heavy (non-hydrogen) atoms. The van der Waals surface area contributed by atoms with Gasteiger partial charge in [0.2, 0.25) is 5.91 Å². The van der Waals surface area contributed by atoms with Crippen LogP contribution in [0.5, 0.6) is 0 Å². The number of rotatable bonds is 7. The summed E-state index contributed by atoms with van der Waals surface area (Å²) in [6.07, 6.45) is 0.274. The van der Waals surface area contributed by atoms with E-state index < -0.39 is 0 Å². The average molecular weight is 382 g/mol. The average Bonchev–Trinajstić information content (AvgIpc) is 2.76. The number of nitrogens with one attached hydrogen (secondary N) is 2. The molecule has 0 aliphatic heterocycles. The third-order valence-electron chi connectivity index (χ3n) is 2.10. The van der Waals surface area contributed by atoms with Crippen LogP contribution in [0.1, 0.15) is 16.8 Å². The van der Waals surface area contributed by atoms with Crippen LogP contribution < -0.4 is 10.6 Å². The number of thiophene rings is 1. The Labute approximate surface area is 123 Å². The lowest BCUT2D eigenvalue weighted by molar-refractivity contribution is -0.121. The van der Waals surface area contributed by atoms with E-state index in [2.05, 4.69) is 33.2 Å². The SMILES string of the molecule is COCCNC(=O)CCNC(=O)c1csc(I)c1. The van der Waals surface area contributed by atoms with Crippen molar-refractivity contribution in [2.24, 2.45) is 0 Å². The van der Waals surface area contributed by atoms with Gasteiger partial charge in [0.05, 0.1) is 15.1 Å². The Morgan fingerprint density at radius 3 is 2.78 bits per heavy atom. The van der Waals surface area contributed by atoms with Crippen molar-refractivity contribution in [1.29, 1.82) is 0 Å². The molecule has 0 spiro atoms. The van der Waals surface area contributed by atoms with Crippen LogP contribution >= 0.6 is 33.9 Å². The highest BCUT2D eigenvalue weighted by atomic mass is 127. The van der Waals surface area contributed by atoms with Gasteiger partial charge in [0.15, 0.2) is 0 Å². The van der Waals surface area contributed by atoms with E-state index in [-0.39, 0.29) is 18.2 Å². The van der Waals surface area contributed by atoms with Crippen molar-refractivity contribution in [2.45, 2.75) is 6.42 Å². The van der Waals surface area contributed by atoms with Crippen molar-refractivity contribution >= 4 is 45.7 Å². The third kappa shape index (κ3) is 5.78. The molecule has 1 aromatic rings. The zero-order valence-corrected chi connectivity index (χ0v) is 13.0. The van der Waals surface area contributed by atoms with Crippen LogP contribution in [0.3, 0.4) is 0 Å². The van der Waals surface area contributed by atoms with Gasteiger partial charge in [-0.1, -0.05) is 0 Å². The molecule has 0 saturated heterocycles. The van der Waals surface area contributed by atoms with Crippen LogP contribution in [0, 0.1) is 2.88 Å². The second-order valence-electron chi connectivity index (χ2n) is 3.49. The maximum atomic E-state index is 11.6. The topological polar surface area (TPSA) is 67.4 Å². The fourth-order valence-corrected chi connectivity index (χ4v) is 2.53. The number of hydrogen-bond acceptors (Lipinski definition) is 4. The van der Waals surface area contributed by atoms with Gasteiger partial charge in [0, 0.05) is 32.0 Å². The minimum Gasteiger partial charge on any atom is -0.383 e. The largest absolute Gasteiger partial charge is 0.383 e. The number of methoxy groups -OCH3 is 1. The van der Waals surface area contributed by atoms with Gasteiger partial charge in [-0.05, 0) is 28.7 Å². The molecule has 0 aliphatic rings. The number of hydrogen-bond donors (Lipinski definition) is 2. The van der Waals surface area contributed by atoms with Crippen LogP contribution in [0.25, 0.3) is 0 Å². The summed E-state index contributed by atoms with van der Waals surface area (Å²) in [6.45, 7) is 1.32. The zero-order chi connectivity index (χ0) is 13.4. The van der Waals surface area contributed by atoms with Crippen molar-refractivity contribution < 1.29 is 14.3 Å². The first-order valence-electron chi connectivity index (χ1n) is 5.41. The van der Waals surface area contributed by atoms with E-state index in [1.807, 2.05) is 6.07 Å². The van der Waals surface area contributed by atoms with E-state index in [0.717, 1.165) is 2.88 Å². The molecule has 0 aliphatic carbocycles. The Kier molecular flexibility index (Phi) is 7.21. The highest BCUT2D eigenvalue weighted by molar-refractivity contribution is 14.1. The first kappa shape index (κ1) is 15.4. The van der Waals surface area contributed by atoms with Gasteiger partial charge in [-0.2, -0.15) is 0 Å². The lowest BCUT2D eigenvalue weighted by Crippen LogP contribution is -2.32. The summed E-state index contributed by atoms with van der Waals surface area (Å²) in [6, 6.07) is 1.82. The molecule has 1 rings (SSSR count). The van der Waals surface area contributed by atoms with E-state index in [0.29, 0.717) is 25.3 Å². The standard InChI is InChI=1S/C11H15IN2O3S/c1-17-5-4-13-10(15)2-3-14-11(16)8-6-9(12)18-7-8/h6-7H,2-5H2,1H3,(H,13,15)(H,14,16). The van der Waals surface area contributed by atoms with Crippen molar-refractivity contribution in [3.8, 4) is 0 Å². The summed E-state index contributed by atoms with van der Waals surface area (Å²) in [4.78, 5) is 23.0. The normalized spacial score (nSPS) is 10.1. The molecule has 100 valence electrons. The maximum absolute atomic E-state index is 11.6. The molecule has 0 atom stereocenters. The summed E-state index contributed by atoms with van der Waals surface area (Å²) in [7, 11) is 1.58. The molecular weight excluding hydrogens is 367 g/mol. The lowest BCUT2D eigenvalue weighted by Gasteiger charge is -2.05. The fraction of sp³-hybridized carbons (Fsp3) is 0.455. The molecule has 5 nitrogen and oxygen atoms in total. The summed E-state index contributed by atoms with van der Waals surface area (Å²) >= 11 is 3.68. The van der Waals surface area contributed by atoms with Gasteiger partial charge < -0.3 is 15.4 Å². The summed E-state index contributed by atoms with van der Waals surface area (Å²) in [5.74, 6) is -0.230. The number of carbonyl (C=O) groups excluding carboxylic acids is 2. The Hall–Kier alpha value is -0.670. The molecule has 0 radical (unpaired) electrons. The molecule has 0 fully saturated rings. The van der Waals surface area contributed by atoms with E-state index in [4.69, 9.17) is 4.74 Å². The maximum Gasteiger partial charge on any atom is 0.252 e. The number of carbonyl (C=O) groups is 2. The second kappa shape index (κ2) is 8.44. The molecule has 1 aromatic heterocycles. The Morgan fingerprint density at radius 2 is 2.17 bits per heavy atom. The molecular formula is C11H15IN2O3S. The van der Waals surface area contributed by atoms with Crippen molar-refractivity contribution in [1.82, 2.24) is 10.6 Å². The van der Waals surface area contributed by atoms with Gasteiger partial charge in [-0.3, -0.25) is 9.59 Å². The molecule has 2 N–H and O–H groups in total. The molecule has 2 amide bonds. The molecule has 1 heterocycles. The van der Waals surface area contributed by atoms with Crippen LogP contribution in [-0.4, -0.2) is 38.6 Å². The van der Waals surface area contributed by atoms with E-state index >= 15 is 0 Å². The van der Waals surface area contributed by atoms with Gasteiger partial charge in [-0.25, -0.2) is 0 Å². The predicted molar refractivity (Wildman–Crippen MR) is 78.9 cm³/mol. The Balaban J connectivity index is 2.17. The third-order valence-corrected chi connectivity index (χ3v) is 3.88. The summed E-state index contributed by atoms with van der Waals surface area (Å²) < 4.78 is 5.88. The minimum atomic E-state index is -0.140. The quantitative estimate of drug-likeness (QED) is 0.551. The smallest absolute Gasteiger partial charge is 0.252 e. The molecule has 7 heteroatoms. The van der Waals surface area contributed by atoms with Gasteiger partial charge in [-0.15, -0.1) is 11.3 Å². The highest BCUT2D eigenvalue weighted by Crippen LogP contribution is 2.16. The summed E-state index contributed by atoms with van der Waals surface area (Å²) in [5, 5.41) is 7.19. The van der Waals surface area contributed by atoms with Gasteiger partial charge in [0.1, 0.15) is 0 Å². The van der Waals surface area contributed by atoms with Crippen molar-refractivity contribution in [3.05, 3.63) is 19.9 Å². The van der Waals surface area contributed by atoms with Crippen LogP contribution in [0.15, 0.2) is 11.4 Å². The fourth-order valence-electron chi connectivity index (χ4n) is 1.20. The predicted octanol–water partition coefficient (Wildman–Crippen LogP) is 1.24. The monoisotopic (exact) mass is 382 g/mol. The van der Waals surface area contributed by atoms with Crippen LogP contribution in [0.4, 0.5) is 0 Å². The van der Waals surface area contributed by atoms with E-state index in [1.165, 1.54) is 11.3 Å². The second-order valence-corrected chi connectivity index (χ2v) is 6.29. The van der Waals surface area contributed by atoms with E-state index in [1.54, 1.807) is 12.5 Å². The van der Waals surface area contributed by atoms with Crippen molar-refractivity contribution in [2.75, 3.05) is 26.8 Å². The number of halogens is 1. The number of ether oxygens (including phenoxy) is 1.